The van der Waals surface area contributed by atoms with Gasteiger partial charge in [0.1, 0.15) is 17.0 Å². The number of halogens is 1. The molecule has 0 radical (unpaired) electrons. The summed E-state index contributed by atoms with van der Waals surface area (Å²) in [5.41, 5.74) is 0.730. The number of aliphatic hydroxyl groups is 1. The lowest BCUT2D eigenvalue weighted by Gasteiger charge is -2.09. The monoisotopic (exact) mass is 268 g/mol. The van der Waals surface area contributed by atoms with Gasteiger partial charge < -0.3 is 9.67 Å². The summed E-state index contributed by atoms with van der Waals surface area (Å²) >= 11 is 3.25. The van der Waals surface area contributed by atoms with Crippen molar-refractivity contribution in [1.29, 1.82) is 0 Å². The van der Waals surface area contributed by atoms with Crippen molar-refractivity contribution < 1.29 is 5.11 Å². The van der Waals surface area contributed by atoms with Crippen LogP contribution >= 0.6 is 15.9 Å². The predicted octanol–water partition coefficient (Wildman–Crippen LogP) is 1.05. The fourth-order valence-electron chi connectivity index (χ4n) is 1.28. The summed E-state index contributed by atoms with van der Waals surface area (Å²) in [6.07, 6.45) is 2.39. The molecule has 0 spiro atoms. The molecule has 0 bridgehead atoms. The molecular weight excluding hydrogens is 260 g/mol. The number of aliphatic hydroxyl groups excluding tert-OH is 1. The summed E-state index contributed by atoms with van der Waals surface area (Å²) < 4.78 is 2.36. The molecule has 2 heterocycles. The molecule has 0 saturated carbocycles. The molecule has 5 nitrogen and oxygen atoms in total. The van der Waals surface area contributed by atoms with Gasteiger partial charge in [0.2, 0.25) is 0 Å². The Morgan fingerprint density at radius 3 is 2.93 bits per heavy atom. The highest BCUT2D eigenvalue weighted by atomic mass is 79.9. The second-order valence-corrected chi connectivity index (χ2v) is 3.93. The summed E-state index contributed by atoms with van der Waals surface area (Å²) in [6, 6.07) is 3.49. The molecule has 0 aliphatic carbocycles. The van der Waals surface area contributed by atoms with Crippen molar-refractivity contribution in [3.63, 3.8) is 0 Å². The fraction of sp³-hybridized carbons (Fsp3) is 0.222. The van der Waals surface area contributed by atoms with Crippen molar-refractivity contribution in [3.8, 4) is 0 Å². The minimum atomic E-state index is -0.781. The van der Waals surface area contributed by atoms with Crippen LogP contribution in [0.1, 0.15) is 17.5 Å². The molecule has 1 atom stereocenters. The third-order valence-corrected chi connectivity index (χ3v) is 2.49. The Bertz CT molecular complexity index is 471. The average Bonchev–Trinajstić information content (AvgIpc) is 2.63. The van der Waals surface area contributed by atoms with Gasteiger partial charge in [-0.3, -0.25) is 0 Å². The van der Waals surface area contributed by atoms with Crippen LogP contribution in [-0.4, -0.2) is 24.9 Å². The summed E-state index contributed by atoms with van der Waals surface area (Å²) in [7, 11) is 1.79. The number of hydrogen-bond acceptors (Lipinski definition) is 4. The molecule has 0 aliphatic rings. The van der Waals surface area contributed by atoms with Crippen LogP contribution in [0.2, 0.25) is 0 Å². The lowest BCUT2D eigenvalue weighted by Crippen LogP contribution is -2.07. The average molecular weight is 269 g/mol. The summed E-state index contributed by atoms with van der Waals surface area (Å²) in [5, 5.41) is 17.6. The van der Waals surface area contributed by atoms with Crippen LogP contribution in [0.15, 0.2) is 29.3 Å². The largest absolute Gasteiger partial charge is 0.380 e. The lowest BCUT2D eigenvalue weighted by molar-refractivity contribution is 0.205. The molecule has 15 heavy (non-hydrogen) atoms. The van der Waals surface area contributed by atoms with E-state index in [0.29, 0.717) is 10.4 Å². The summed E-state index contributed by atoms with van der Waals surface area (Å²) in [6.45, 7) is 0. The molecule has 0 aromatic carbocycles. The van der Waals surface area contributed by atoms with Crippen LogP contribution in [0, 0.1) is 0 Å². The molecule has 0 saturated heterocycles. The van der Waals surface area contributed by atoms with E-state index in [-0.39, 0.29) is 0 Å². The van der Waals surface area contributed by atoms with E-state index in [0.717, 1.165) is 5.56 Å². The smallest absolute Gasteiger partial charge is 0.166 e. The highest BCUT2D eigenvalue weighted by molar-refractivity contribution is 9.10. The molecule has 1 unspecified atom stereocenters. The first-order valence-corrected chi connectivity index (χ1v) is 5.11. The second-order valence-electron chi connectivity index (χ2n) is 3.11. The fourth-order valence-corrected chi connectivity index (χ4v) is 1.66. The molecule has 0 aliphatic heterocycles. The highest BCUT2D eigenvalue weighted by Crippen LogP contribution is 2.20. The van der Waals surface area contributed by atoms with Crippen LogP contribution in [0.4, 0.5) is 0 Å². The summed E-state index contributed by atoms with van der Waals surface area (Å²) in [5.74, 6) is 0.508. The molecule has 2 aromatic rings. The van der Waals surface area contributed by atoms with Crippen molar-refractivity contribution in [2.24, 2.45) is 7.05 Å². The van der Waals surface area contributed by atoms with Crippen LogP contribution in [-0.2, 0) is 7.05 Å². The van der Waals surface area contributed by atoms with Gasteiger partial charge in [-0.05, 0) is 33.6 Å². The van der Waals surface area contributed by atoms with Crippen LogP contribution in [0.5, 0.6) is 0 Å². The molecule has 0 amide bonds. The Morgan fingerprint density at radius 1 is 1.53 bits per heavy atom. The van der Waals surface area contributed by atoms with Gasteiger partial charge in [-0.1, -0.05) is 0 Å². The second kappa shape index (κ2) is 4.08. The first kappa shape index (κ1) is 10.3. The van der Waals surface area contributed by atoms with E-state index in [1.165, 1.54) is 0 Å². The molecule has 6 heteroatoms. The SMILES string of the molecule is Cn1cnnc1C(O)c1ccnc(Br)c1. The zero-order valence-corrected chi connectivity index (χ0v) is 9.59. The third-order valence-electron chi connectivity index (χ3n) is 2.06. The zero-order valence-electron chi connectivity index (χ0n) is 8.00. The molecule has 1 N–H and O–H groups in total. The van der Waals surface area contributed by atoms with Gasteiger partial charge in [-0.15, -0.1) is 10.2 Å². The van der Waals surface area contributed by atoms with Gasteiger partial charge in [0, 0.05) is 13.2 Å². The number of aromatic nitrogens is 4. The van der Waals surface area contributed by atoms with Crippen LogP contribution < -0.4 is 0 Å². The quantitative estimate of drug-likeness (QED) is 0.828. The lowest BCUT2D eigenvalue weighted by atomic mass is 10.1. The molecule has 78 valence electrons. The van der Waals surface area contributed by atoms with E-state index in [2.05, 4.69) is 31.1 Å². The molecule has 2 rings (SSSR count). The minimum Gasteiger partial charge on any atom is -0.380 e. The Labute approximate surface area is 94.9 Å². The number of hydrogen-bond donors (Lipinski definition) is 1. The number of aryl methyl sites for hydroxylation is 1. The van der Waals surface area contributed by atoms with Crippen LogP contribution in [0.3, 0.4) is 0 Å². The van der Waals surface area contributed by atoms with Gasteiger partial charge in [0.25, 0.3) is 0 Å². The van der Waals surface area contributed by atoms with E-state index in [1.54, 1.807) is 36.3 Å². The summed E-state index contributed by atoms with van der Waals surface area (Å²) in [4.78, 5) is 3.99. The van der Waals surface area contributed by atoms with Crippen LogP contribution in [0.25, 0.3) is 0 Å². The van der Waals surface area contributed by atoms with Crippen molar-refractivity contribution in [2.45, 2.75) is 6.10 Å². The molecule has 2 aromatic heterocycles. The first-order valence-electron chi connectivity index (χ1n) is 4.32. The van der Waals surface area contributed by atoms with Gasteiger partial charge in [-0.2, -0.15) is 0 Å². The van der Waals surface area contributed by atoms with Gasteiger partial charge in [0.05, 0.1) is 0 Å². The predicted molar refractivity (Wildman–Crippen MR) is 57.0 cm³/mol. The van der Waals surface area contributed by atoms with E-state index >= 15 is 0 Å². The van der Waals surface area contributed by atoms with Gasteiger partial charge >= 0.3 is 0 Å². The zero-order chi connectivity index (χ0) is 10.8. The molecule has 0 fully saturated rings. The van der Waals surface area contributed by atoms with Crippen molar-refractivity contribution in [1.82, 2.24) is 19.7 Å². The van der Waals surface area contributed by atoms with E-state index < -0.39 is 6.10 Å². The normalized spacial score (nSPS) is 12.7. The molecular formula is C9H9BrN4O. The maximum Gasteiger partial charge on any atom is 0.166 e. The number of rotatable bonds is 2. The van der Waals surface area contributed by atoms with Crippen molar-refractivity contribution in [2.75, 3.05) is 0 Å². The number of nitrogens with zero attached hydrogens (tertiary/aromatic N) is 4. The topological polar surface area (TPSA) is 63.8 Å². The Hall–Kier alpha value is -1.27. The van der Waals surface area contributed by atoms with Crippen molar-refractivity contribution in [3.05, 3.63) is 40.6 Å². The van der Waals surface area contributed by atoms with Crippen molar-refractivity contribution >= 4 is 15.9 Å². The van der Waals surface area contributed by atoms with E-state index in [1.807, 2.05) is 0 Å². The first-order chi connectivity index (χ1) is 7.18. The number of pyridine rings is 1. The Kier molecular flexibility index (Phi) is 2.79. The van der Waals surface area contributed by atoms with Gasteiger partial charge in [0.15, 0.2) is 5.82 Å². The highest BCUT2D eigenvalue weighted by Gasteiger charge is 2.15. The van der Waals surface area contributed by atoms with Gasteiger partial charge in [-0.25, -0.2) is 4.98 Å². The maximum absolute atomic E-state index is 10.0. The van der Waals surface area contributed by atoms with E-state index in [9.17, 15) is 5.11 Å². The third kappa shape index (κ3) is 2.05. The maximum atomic E-state index is 10.0. The minimum absolute atomic E-state index is 0.508. The standard InChI is InChI=1S/C9H9BrN4O/c1-14-5-12-13-9(14)8(15)6-2-3-11-7(10)4-6/h2-5,8,15H,1H3. The Morgan fingerprint density at radius 2 is 2.33 bits per heavy atom. The van der Waals surface area contributed by atoms with E-state index in [4.69, 9.17) is 0 Å². The Balaban J connectivity index is 2.36.